The van der Waals surface area contributed by atoms with Crippen molar-refractivity contribution in [1.82, 2.24) is 4.90 Å². The average Bonchev–Trinajstić information content (AvgIpc) is 2.65. The van der Waals surface area contributed by atoms with Gasteiger partial charge >= 0.3 is 0 Å². The van der Waals surface area contributed by atoms with Crippen LogP contribution in [0.1, 0.15) is 11.1 Å². The van der Waals surface area contributed by atoms with E-state index in [1.165, 1.54) is 16.8 Å². The Morgan fingerprint density at radius 1 is 1.08 bits per heavy atom. The van der Waals surface area contributed by atoms with Crippen LogP contribution in [0.3, 0.4) is 0 Å². The third-order valence-corrected chi connectivity index (χ3v) is 4.51. The summed E-state index contributed by atoms with van der Waals surface area (Å²) in [5.74, 6) is -0.00117. The van der Waals surface area contributed by atoms with Gasteiger partial charge in [0.2, 0.25) is 5.91 Å². The monoisotopic (exact) mass is 353 g/mol. The second kappa shape index (κ2) is 8.83. The summed E-state index contributed by atoms with van der Waals surface area (Å²) >= 11 is 0. The standard InChI is InChI=1S/C21H27N3O2/c1-17-3-5-18(6-4-17)15-23(2)16-21(25)22-19-7-9-20(10-8-19)24-11-13-26-14-12-24/h3-10H,11-16H2,1-2H3,(H,22,25). The first kappa shape index (κ1) is 18.4. The molecule has 2 aromatic carbocycles. The van der Waals surface area contributed by atoms with Gasteiger partial charge in [0, 0.05) is 31.0 Å². The van der Waals surface area contributed by atoms with Crippen molar-refractivity contribution < 1.29 is 9.53 Å². The number of likely N-dealkylation sites (N-methyl/N-ethyl adjacent to an activating group) is 1. The maximum absolute atomic E-state index is 12.3. The van der Waals surface area contributed by atoms with Gasteiger partial charge in [0.25, 0.3) is 0 Å². The van der Waals surface area contributed by atoms with Crippen molar-refractivity contribution in [3.8, 4) is 0 Å². The Hall–Kier alpha value is -2.37. The molecule has 3 rings (SSSR count). The number of benzene rings is 2. The largest absolute Gasteiger partial charge is 0.378 e. The van der Waals surface area contributed by atoms with E-state index >= 15 is 0 Å². The minimum atomic E-state index is -0.00117. The molecule has 0 atom stereocenters. The Bertz CT molecular complexity index is 707. The molecule has 0 radical (unpaired) electrons. The topological polar surface area (TPSA) is 44.8 Å². The number of morpholine rings is 1. The first-order valence-electron chi connectivity index (χ1n) is 9.07. The predicted molar refractivity (Wildman–Crippen MR) is 106 cm³/mol. The highest BCUT2D eigenvalue weighted by Crippen LogP contribution is 2.19. The zero-order valence-electron chi connectivity index (χ0n) is 15.6. The Morgan fingerprint density at radius 3 is 2.38 bits per heavy atom. The summed E-state index contributed by atoms with van der Waals surface area (Å²) in [7, 11) is 1.96. The van der Waals surface area contributed by atoms with Crippen LogP contribution in [-0.2, 0) is 16.1 Å². The molecule has 0 spiro atoms. The second-order valence-electron chi connectivity index (χ2n) is 6.85. The average molecular weight is 353 g/mol. The molecule has 1 heterocycles. The van der Waals surface area contributed by atoms with Gasteiger partial charge in [-0.3, -0.25) is 9.69 Å². The van der Waals surface area contributed by atoms with Crippen LogP contribution in [0.2, 0.25) is 0 Å². The summed E-state index contributed by atoms with van der Waals surface area (Å²) in [4.78, 5) is 16.6. The molecule has 1 aliphatic rings. The number of rotatable bonds is 6. The smallest absolute Gasteiger partial charge is 0.238 e. The summed E-state index contributed by atoms with van der Waals surface area (Å²) in [6, 6.07) is 16.4. The molecule has 0 aromatic heterocycles. The number of hydrogen-bond acceptors (Lipinski definition) is 4. The predicted octanol–water partition coefficient (Wildman–Crippen LogP) is 2.90. The van der Waals surface area contributed by atoms with Crippen molar-refractivity contribution in [3.63, 3.8) is 0 Å². The lowest BCUT2D eigenvalue weighted by Crippen LogP contribution is -2.36. The fraction of sp³-hybridized carbons (Fsp3) is 0.381. The van der Waals surface area contributed by atoms with Crippen molar-refractivity contribution in [2.24, 2.45) is 0 Å². The van der Waals surface area contributed by atoms with E-state index < -0.39 is 0 Å². The number of nitrogens with zero attached hydrogens (tertiary/aromatic N) is 2. The fourth-order valence-electron chi connectivity index (χ4n) is 3.08. The molecule has 1 N–H and O–H groups in total. The number of ether oxygens (including phenoxy) is 1. The van der Waals surface area contributed by atoms with Crippen LogP contribution in [0.25, 0.3) is 0 Å². The Labute approximate surface area is 155 Å². The molecule has 1 saturated heterocycles. The van der Waals surface area contributed by atoms with Gasteiger partial charge < -0.3 is 15.0 Å². The van der Waals surface area contributed by atoms with E-state index in [-0.39, 0.29) is 5.91 Å². The minimum Gasteiger partial charge on any atom is -0.378 e. The molecule has 0 saturated carbocycles. The zero-order chi connectivity index (χ0) is 18.4. The lowest BCUT2D eigenvalue weighted by atomic mass is 10.1. The minimum absolute atomic E-state index is 0.00117. The number of carbonyl (C=O) groups excluding carboxylic acids is 1. The van der Waals surface area contributed by atoms with Gasteiger partial charge in [-0.2, -0.15) is 0 Å². The van der Waals surface area contributed by atoms with Crippen molar-refractivity contribution >= 4 is 17.3 Å². The van der Waals surface area contributed by atoms with Crippen molar-refractivity contribution in [3.05, 3.63) is 59.7 Å². The van der Waals surface area contributed by atoms with Crippen molar-refractivity contribution in [2.75, 3.05) is 50.1 Å². The third kappa shape index (κ3) is 5.31. The van der Waals surface area contributed by atoms with Crippen LogP contribution in [0.4, 0.5) is 11.4 Å². The van der Waals surface area contributed by atoms with E-state index in [0.29, 0.717) is 6.54 Å². The van der Waals surface area contributed by atoms with E-state index in [2.05, 4.69) is 53.5 Å². The lowest BCUT2D eigenvalue weighted by molar-refractivity contribution is -0.117. The van der Waals surface area contributed by atoms with Gasteiger partial charge in [0.1, 0.15) is 0 Å². The van der Waals surface area contributed by atoms with E-state index in [0.717, 1.165) is 38.5 Å². The maximum atomic E-state index is 12.3. The molecule has 5 nitrogen and oxygen atoms in total. The Kier molecular flexibility index (Phi) is 6.26. The second-order valence-corrected chi connectivity index (χ2v) is 6.85. The number of anilines is 2. The van der Waals surface area contributed by atoms with Gasteiger partial charge in [-0.1, -0.05) is 29.8 Å². The Balaban J connectivity index is 1.48. The van der Waals surface area contributed by atoms with E-state index in [1.807, 2.05) is 24.1 Å². The molecule has 26 heavy (non-hydrogen) atoms. The van der Waals surface area contributed by atoms with Crippen molar-refractivity contribution in [2.45, 2.75) is 13.5 Å². The fourth-order valence-corrected chi connectivity index (χ4v) is 3.08. The van der Waals surface area contributed by atoms with E-state index in [4.69, 9.17) is 4.74 Å². The molecule has 0 aliphatic carbocycles. The van der Waals surface area contributed by atoms with Gasteiger partial charge in [-0.05, 0) is 43.8 Å². The van der Waals surface area contributed by atoms with Gasteiger partial charge in [-0.25, -0.2) is 0 Å². The normalized spacial score (nSPS) is 14.5. The number of nitrogens with one attached hydrogen (secondary N) is 1. The van der Waals surface area contributed by atoms with Gasteiger partial charge in [0.05, 0.1) is 19.8 Å². The highest BCUT2D eigenvalue weighted by atomic mass is 16.5. The van der Waals surface area contributed by atoms with Gasteiger partial charge in [-0.15, -0.1) is 0 Å². The van der Waals surface area contributed by atoms with E-state index in [1.54, 1.807) is 0 Å². The van der Waals surface area contributed by atoms with E-state index in [9.17, 15) is 4.79 Å². The van der Waals surface area contributed by atoms with Crippen LogP contribution in [0.15, 0.2) is 48.5 Å². The number of aryl methyl sites for hydroxylation is 1. The molecular formula is C21H27N3O2. The highest BCUT2D eigenvalue weighted by Gasteiger charge is 2.12. The zero-order valence-corrected chi connectivity index (χ0v) is 15.6. The molecule has 1 aliphatic heterocycles. The first-order chi connectivity index (χ1) is 12.6. The number of amides is 1. The van der Waals surface area contributed by atoms with Crippen LogP contribution in [-0.4, -0.2) is 50.7 Å². The Morgan fingerprint density at radius 2 is 1.73 bits per heavy atom. The van der Waals surface area contributed by atoms with Gasteiger partial charge in [0.15, 0.2) is 0 Å². The van der Waals surface area contributed by atoms with Crippen LogP contribution >= 0.6 is 0 Å². The lowest BCUT2D eigenvalue weighted by Gasteiger charge is -2.28. The number of carbonyl (C=O) groups is 1. The molecule has 5 heteroatoms. The first-order valence-corrected chi connectivity index (χ1v) is 9.07. The maximum Gasteiger partial charge on any atom is 0.238 e. The summed E-state index contributed by atoms with van der Waals surface area (Å²) in [6.07, 6.45) is 0. The molecule has 0 bridgehead atoms. The van der Waals surface area contributed by atoms with Crippen LogP contribution < -0.4 is 10.2 Å². The van der Waals surface area contributed by atoms with Crippen molar-refractivity contribution in [1.29, 1.82) is 0 Å². The molecule has 0 unspecified atom stereocenters. The molecule has 2 aromatic rings. The summed E-state index contributed by atoms with van der Waals surface area (Å²) in [5, 5.41) is 2.97. The summed E-state index contributed by atoms with van der Waals surface area (Å²) in [6.45, 7) is 6.55. The summed E-state index contributed by atoms with van der Waals surface area (Å²) < 4.78 is 5.38. The molecular weight excluding hydrogens is 326 g/mol. The summed E-state index contributed by atoms with van der Waals surface area (Å²) in [5.41, 5.74) is 4.45. The molecule has 1 amide bonds. The van der Waals surface area contributed by atoms with Crippen LogP contribution in [0, 0.1) is 6.92 Å². The SMILES string of the molecule is Cc1ccc(CN(C)CC(=O)Nc2ccc(N3CCOCC3)cc2)cc1. The highest BCUT2D eigenvalue weighted by molar-refractivity contribution is 5.92. The van der Waals surface area contributed by atoms with Crippen LogP contribution in [0.5, 0.6) is 0 Å². The number of hydrogen-bond donors (Lipinski definition) is 1. The molecule has 138 valence electrons. The molecule has 1 fully saturated rings. The quantitative estimate of drug-likeness (QED) is 0.867. The third-order valence-electron chi connectivity index (χ3n) is 4.51.